The van der Waals surface area contributed by atoms with Crippen LogP contribution >= 0.6 is 11.8 Å². The minimum atomic E-state index is -0.227. The molecule has 1 aromatic rings. The summed E-state index contributed by atoms with van der Waals surface area (Å²) in [6, 6.07) is 7.25. The van der Waals surface area contributed by atoms with Crippen LogP contribution < -0.4 is 5.73 Å². The lowest BCUT2D eigenvalue weighted by Gasteiger charge is -2.38. The van der Waals surface area contributed by atoms with Crippen molar-refractivity contribution < 1.29 is 14.4 Å². The van der Waals surface area contributed by atoms with Crippen LogP contribution in [0.1, 0.15) is 35.7 Å². The third-order valence-electron chi connectivity index (χ3n) is 4.87. The number of hydrogen-bond donors (Lipinski definition) is 1. The fraction of sp³-hybridized carbons (Fsp3) is 0.500. The molecule has 0 aromatic heterocycles. The number of piperidine rings is 1. The zero-order valence-electron chi connectivity index (χ0n) is 14.3. The van der Waals surface area contributed by atoms with Crippen LogP contribution in [0.15, 0.2) is 24.3 Å². The molecular formula is C18H23N3O3S. The predicted molar refractivity (Wildman–Crippen MR) is 97.1 cm³/mol. The Balaban J connectivity index is 1.75. The maximum atomic E-state index is 12.9. The van der Waals surface area contributed by atoms with Gasteiger partial charge in [0.1, 0.15) is 0 Å². The van der Waals surface area contributed by atoms with Crippen molar-refractivity contribution >= 4 is 28.8 Å². The summed E-state index contributed by atoms with van der Waals surface area (Å²) in [5, 5.41) is -0.227. The zero-order valence-corrected chi connectivity index (χ0v) is 15.1. The molecule has 7 heteroatoms. The highest BCUT2D eigenvalue weighted by Crippen LogP contribution is 2.25. The first-order valence-corrected chi connectivity index (χ1v) is 9.55. The van der Waals surface area contributed by atoms with Crippen molar-refractivity contribution in [3.63, 3.8) is 0 Å². The topological polar surface area (TPSA) is 83.7 Å². The van der Waals surface area contributed by atoms with Gasteiger partial charge in [0, 0.05) is 24.7 Å². The van der Waals surface area contributed by atoms with E-state index in [4.69, 9.17) is 5.73 Å². The van der Waals surface area contributed by atoms with Crippen LogP contribution in [0.25, 0.3) is 0 Å². The van der Waals surface area contributed by atoms with Crippen molar-refractivity contribution in [1.29, 1.82) is 0 Å². The van der Waals surface area contributed by atoms with Crippen molar-refractivity contribution in [2.75, 3.05) is 18.8 Å². The highest BCUT2D eigenvalue weighted by atomic mass is 32.2. The number of amides is 3. The fourth-order valence-electron chi connectivity index (χ4n) is 3.43. The van der Waals surface area contributed by atoms with Crippen LogP contribution in [0.2, 0.25) is 0 Å². The summed E-state index contributed by atoms with van der Waals surface area (Å²) < 4.78 is 0. The Labute approximate surface area is 151 Å². The normalized spacial score (nSPS) is 24.1. The Morgan fingerprint density at radius 2 is 2.16 bits per heavy atom. The average molecular weight is 361 g/mol. The fourth-order valence-corrected chi connectivity index (χ4v) is 4.15. The van der Waals surface area contributed by atoms with Gasteiger partial charge in [-0.05, 0) is 36.5 Å². The van der Waals surface area contributed by atoms with Crippen LogP contribution in [-0.4, -0.2) is 51.7 Å². The molecule has 134 valence electrons. The van der Waals surface area contributed by atoms with Gasteiger partial charge in [0.25, 0.3) is 11.1 Å². The minimum absolute atomic E-state index is 0.0300. The number of hydrogen-bond acceptors (Lipinski definition) is 5. The van der Waals surface area contributed by atoms with E-state index in [1.165, 1.54) is 4.90 Å². The summed E-state index contributed by atoms with van der Waals surface area (Å²) in [6.45, 7) is 3.58. The molecule has 2 aliphatic rings. The second kappa shape index (κ2) is 7.58. The van der Waals surface area contributed by atoms with E-state index in [0.717, 1.165) is 30.2 Å². The van der Waals surface area contributed by atoms with Crippen LogP contribution in [0.5, 0.6) is 0 Å². The lowest BCUT2D eigenvalue weighted by atomic mass is 9.91. The van der Waals surface area contributed by atoms with Gasteiger partial charge in [-0.15, -0.1) is 0 Å². The van der Waals surface area contributed by atoms with Gasteiger partial charge < -0.3 is 10.6 Å². The zero-order chi connectivity index (χ0) is 18.0. The molecule has 0 saturated carbocycles. The second-order valence-corrected chi connectivity index (χ2v) is 7.68. The molecule has 2 saturated heterocycles. The van der Waals surface area contributed by atoms with E-state index in [9.17, 15) is 14.4 Å². The van der Waals surface area contributed by atoms with Crippen LogP contribution in [0.3, 0.4) is 0 Å². The Morgan fingerprint density at radius 3 is 2.84 bits per heavy atom. The highest BCUT2D eigenvalue weighted by Gasteiger charge is 2.31. The maximum absolute atomic E-state index is 12.9. The van der Waals surface area contributed by atoms with Crippen molar-refractivity contribution in [1.82, 2.24) is 9.80 Å². The van der Waals surface area contributed by atoms with Gasteiger partial charge in [0.2, 0.25) is 5.91 Å². The molecule has 0 bridgehead atoms. The molecule has 2 unspecified atom stereocenters. The molecule has 2 fully saturated rings. The number of benzene rings is 1. The largest absolute Gasteiger partial charge is 0.334 e. The van der Waals surface area contributed by atoms with Crippen molar-refractivity contribution in [2.24, 2.45) is 11.7 Å². The molecule has 6 nitrogen and oxygen atoms in total. The molecule has 2 atom stereocenters. The van der Waals surface area contributed by atoms with Gasteiger partial charge in [0.15, 0.2) is 0 Å². The monoisotopic (exact) mass is 361 g/mol. The maximum Gasteiger partial charge on any atom is 0.289 e. The molecule has 0 spiro atoms. The SMILES string of the molecule is CC1CCN(C(=O)c2cccc(CN3C(=O)CSC3=O)c2)C(CN)C1. The van der Waals surface area contributed by atoms with Crippen LogP contribution in [0, 0.1) is 5.92 Å². The molecule has 2 heterocycles. The van der Waals surface area contributed by atoms with Crippen LogP contribution in [-0.2, 0) is 11.3 Å². The summed E-state index contributed by atoms with van der Waals surface area (Å²) in [6.07, 6.45) is 1.91. The van der Waals surface area contributed by atoms with E-state index in [-0.39, 0.29) is 35.4 Å². The first-order valence-electron chi connectivity index (χ1n) is 8.56. The summed E-state index contributed by atoms with van der Waals surface area (Å²) in [5.74, 6) is 0.563. The van der Waals surface area contributed by atoms with Gasteiger partial charge >= 0.3 is 0 Å². The van der Waals surface area contributed by atoms with E-state index < -0.39 is 0 Å². The van der Waals surface area contributed by atoms with E-state index in [2.05, 4.69) is 6.92 Å². The molecule has 0 radical (unpaired) electrons. The number of rotatable bonds is 4. The Hall–Kier alpha value is -1.86. The van der Waals surface area contributed by atoms with E-state index in [0.29, 0.717) is 24.6 Å². The van der Waals surface area contributed by atoms with Gasteiger partial charge in [-0.3, -0.25) is 19.3 Å². The number of carbonyl (C=O) groups excluding carboxylic acids is 3. The van der Waals surface area contributed by atoms with E-state index >= 15 is 0 Å². The smallest absolute Gasteiger partial charge is 0.289 e. The third kappa shape index (κ3) is 3.88. The van der Waals surface area contributed by atoms with E-state index in [1.54, 1.807) is 18.2 Å². The van der Waals surface area contributed by atoms with Gasteiger partial charge in [-0.25, -0.2) is 0 Å². The van der Waals surface area contributed by atoms with Crippen molar-refractivity contribution in [3.8, 4) is 0 Å². The highest BCUT2D eigenvalue weighted by molar-refractivity contribution is 8.14. The summed E-state index contributed by atoms with van der Waals surface area (Å²) >= 11 is 1.02. The summed E-state index contributed by atoms with van der Waals surface area (Å²) in [5.41, 5.74) is 7.23. The molecular weight excluding hydrogens is 338 g/mol. The van der Waals surface area contributed by atoms with Gasteiger partial charge in [-0.1, -0.05) is 30.8 Å². The Morgan fingerprint density at radius 1 is 1.36 bits per heavy atom. The number of nitrogens with zero attached hydrogens (tertiary/aromatic N) is 2. The van der Waals surface area contributed by atoms with Gasteiger partial charge in [-0.2, -0.15) is 0 Å². The molecule has 0 aliphatic carbocycles. The Bertz CT molecular complexity index is 678. The number of likely N-dealkylation sites (tertiary alicyclic amines) is 1. The molecule has 3 rings (SSSR count). The Kier molecular flexibility index (Phi) is 5.44. The molecule has 25 heavy (non-hydrogen) atoms. The second-order valence-electron chi connectivity index (χ2n) is 6.75. The average Bonchev–Trinajstić information content (AvgIpc) is 2.93. The predicted octanol–water partition coefficient (Wildman–Crippen LogP) is 2.08. The molecule has 3 amide bonds. The lowest BCUT2D eigenvalue weighted by Crippen LogP contribution is -2.49. The van der Waals surface area contributed by atoms with Crippen LogP contribution in [0.4, 0.5) is 4.79 Å². The number of thioether (sulfide) groups is 1. The van der Waals surface area contributed by atoms with Gasteiger partial charge in [0.05, 0.1) is 12.3 Å². The third-order valence-corrected chi connectivity index (χ3v) is 5.72. The molecule has 2 N–H and O–H groups in total. The minimum Gasteiger partial charge on any atom is -0.334 e. The quantitative estimate of drug-likeness (QED) is 0.888. The molecule has 1 aromatic carbocycles. The van der Waals surface area contributed by atoms with E-state index in [1.807, 2.05) is 11.0 Å². The van der Waals surface area contributed by atoms with Crippen molar-refractivity contribution in [3.05, 3.63) is 35.4 Å². The number of nitrogens with two attached hydrogens (primary N) is 1. The first-order chi connectivity index (χ1) is 12.0. The standard InChI is InChI=1S/C18H23N3O3S/c1-12-5-6-20(15(7-12)9-19)17(23)14-4-2-3-13(8-14)10-21-16(22)11-25-18(21)24/h2-4,8,12,15H,5-7,9-11,19H2,1H3. The summed E-state index contributed by atoms with van der Waals surface area (Å²) in [7, 11) is 0. The van der Waals surface area contributed by atoms with Crippen molar-refractivity contribution in [2.45, 2.75) is 32.4 Å². The number of imide groups is 1. The first kappa shape index (κ1) is 17.9. The summed E-state index contributed by atoms with van der Waals surface area (Å²) in [4.78, 5) is 39.5. The lowest BCUT2D eigenvalue weighted by molar-refractivity contribution is -0.125. The number of carbonyl (C=O) groups is 3. The molecule has 2 aliphatic heterocycles.